The number of unbranched alkanes of at least 4 members (excludes halogenated alkanes) is 18. The van der Waals surface area contributed by atoms with Crippen LogP contribution in [0.15, 0.2) is 0 Å². The molecule has 0 heterocycles. The fourth-order valence-corrected chi connectivity index (χ4v) is 3.83. The average molecular weight is 327 g/mol. The summed E-state index contributed by atoms with van der Waals surface area (Å²) in [6.45, 7) is 2.30. The van der Waals surface area contributed by atoms with Crippen molar-refractivity contribution in [1.29, 1.82) is 0 Å². The maximum atomic E-state index is 2.30. The van der Waals surface area contributed by atoms with Crippen LogP contribution in [-0.2, 0) is 0 Å². The van der Waals surface area contributed by atoms with Gasteiger partial charge in [-0.2, -0.15) is 0 Å². The second-order valence-corrected chi connectivity index (χ2v) is 8.36. The summed E-state index contributed by atoms with van der Waals surface area (Å²) < 4.78 is 0. The van der Waals surface area contributed by atoms with Gasteiger partial charge in [0.25, 0.3) is 0 Å². The Bertz CT molecular complexity index is 159. The summed E-state index contributed by atoms with van der Waals surface area (Å²) in [5.41, 5.74) is 0. The van der Waals surface area contributed by atoms with E-state index in [9.17, 15) is 0 Å². The quantitative estimate of drug-likeness (QED) is 0.174. The Labute approximate surface area is 145 Å². The summed E-state index contributed by atoms with van der Waals surface area (Å²) in [5.74, 6) is 0. The summed E-state index contributed by atoms with van der Waals surface area (Å²) in [6.07, 6.45) is 28.2. The maximum absolute atomic E-state index is 2.30. The van der Waals surface area contributed by atoms with Crippen molar-refractivity contribution in [3.63, 3.8) is 0 Å². The Morgan fingerprint density at radius 2 is 0.591 bits per heavy atom. The van der Waals surface area contributed by atoms with Crippen LogP contribution in [0.4, 0.5) is 0 Å². The van der Waals surface area contributed by atoms with Gasteiger partial charge in [-0.05, 0) is 0 Å². The molecule has 0 aromatic heterocycles. The third-order valence-corrected chi connectivity index (χ3v) is 5.66. The van der Waals surface area contributed by atoms with Crippen molar-refractivity contribution < 1.29 is 0 Å². The first-order chi connectivity index (χ1) is 10.9. The van der Waals surface area contributed by atoms with Crippen molar-refractivity contribution in [3.8, 4) is 0 Å². The molecule has 0 aliphatic rings. The van der Waals surface area contributed by atoms with E-state index in [1.807, 2.05) is 0 Å². The van der Waals surface area contributed by atoms with Gasteiger partial charge in [-0.25, -0.2) is 0 Å². The highest BCUT2D eigenvalue weighted by Crippen LogP contribution is 2.14. The molecule has 0 rings (SSSR count). The van der Waals surface area contributed by atoms with Gasteiger partial charge >= 0.3 is 0 Å². The highest BCUT2D eigenvalue weighted by atomic mass is 28.1. The van der Waals surface area contributed by atoms with Gasteiger partial charge in [-0.1, -0.05) is 135 Å². The van der Waals surface area contributed by atoms with E-state index in [4.69, 9.17) is 0 Å². The highest BCUT2D eigenvalue weighted by Gasteiger charge is 1.94. The Hall–Kier alpha value is 0.217. The molecule has 134 valence electrons. The highest BCUT2D eigenvalue weighted by molar-refractivity contribution is 6.08. The zero-order valence-corrected chi connectivity index (χ0v) is 18.1. The minimum Gasteiger partial charge on any atom is -0.0658 e. The van der Waals surface area contributed by atoms with E-state index in [1.54, 1.807) is 0 Å². The van der Waals surface area contributed by atoms with Gasteiger partial charge in [-0.15, -0.1) is 0 Å². The molecule has 0 saturated carbocycles. The molecule has 0 aromatic rings. The number of hydrogen-bond acceptors (Lipinski definition) is 0. The van der Waals surface area contributed by atoms with Crippen LogP contribution in [-0.4, -0.2) is 10.2 Å². The second kappa shape index (κ2) is 21.2. The van der Waals surface area contributed by atoms with Crippen molar-refractivity contribution in [2.75, 3.05) is 0 Å². The first kappa shape index (κ1) is 22.2. The Morgan fingerprint density at radius 1 is 0.364 bits per heavy atom. The smallest absolute Gasteiger partial charge is 0.00279 e. The summed E-state index contributed by atoms with van der Waals surface area (Å²) >= 11 is 0. The lowest BCUT2D eigenvalue weighted by Gasteiger charge is -2.03. The molecule has 0 amide bonds. The van der Waals surface area contributed by atoms with Crippen molar-refractivity contribution >= 4 is 10.2 Å². The number of rotatable bonds is 19. The molecule has 0 spiro atoms. The van der Waals surface area contributed by atoms with Crippen LogP contribution in [0.1, 0.15) is 129 Å². The fraction of sp³-hybridized carbons (Fsp3) is 1.00. The molecule has 1 heteroatoms. The van der Waals surface area contributed by atoms with Gasteiger partial charge in [0.2, 0.25) is 0 Å². The zero-order valence-electron chi connectivity index (χ0n) is 16.1. The standard InChI is InChI=1S/C21H46Si/c1-2-3-4-5-6-7-8-9-10-11-12-13-14-15-16-17-18-19-20-21-22/h2-21H2,1,22H3. The lowest BCUT2D eigenvalue weighted by Crippen LogP contribution is -1.84. The van der Waals surface area contributed by atoms with Crippen LogP contribution in [0.2, 0.25) is 6.04 Å². The minimum atomic E-state index is 1.38. The van der Waals surface area contributed by atoms with E-state index < -0.39 is 0 Å². The topological polar surface area (TPSA) is 0 Å². The minimum absolute atomic E-state index is 1.38. The predicted octanol–water partition coefficient (Wildman–Crippen LogP) is 7.20. The van der Waals surface area contributed by atoms with Gasteiger partial charge < -0.3 is 0 Å². The summed E-state index contributed by atoms with van der Waals surface area (Å²) in [6, 6.07) is 1.51. The van der Waals surface area contributed by atoms with Gasteiger partial charge in [-0.3, -0.25) is 0 Å². The Morgan fingerprint density at radius 3 is 0.818 bits per heavy atom. The van der Waals surface area contributed by atoms with Crippen molar-refractivity contribution in [3.05, 3.63) is 0 Å². The molecule has 0 nitrogen and oxygen atoms in total. The van der Waals surface area contributed by atoms with E-state index in [1.165, 1.54) is 138 Å². The van der Waals surface area contributed by atoms with E-state index in [0.29, 0.717) is 0 Å². The molecule has 0 bridgehead atoms. The summed E-state index contributed by atoms with van der Waals surface area (Å²) in [7, 11) is 1.41. The van der Waals surface area contributed by atoms with Gasteiger partial charge in [0, 0.05) is 10.2 Å². The van der Waals surface area contributed by atoms with Crippen molar-refractivity contribution in [1.82, 2.24) is 0 Å². The number of hydrogen-bond donors (Lipinski definition) is 0. The molecule has 0 fully saturated rings. The molecule has 0 unspecified atom stereocenters. The van der Waals surface area contributed by atoms with Crippen LogP contribution in [0.5, 0.6) is 0 Å². The van der Waals surface area contributed by atoms with E-state index in [-0.39, 0.29) is 0 Å². The average Bonchev–Trinajstić information content (AvgIpc) is 2.54. The summed E-state index contributed by atoms with van der Waals surface area (Å²) in [5, 5.41) is 0. The molecule has 0 N–H and O–H groups in total. The molecule has 0 atom stereocenters. The molecule has 0 aliphatic carbocycles. The lowest BCUT2D eigenvalue weighted by atomic mass is 10.0. The molecule has 0 aromatic carbocycles. The van der Waals surface area contributed by atoms with E-state index >= 15 is 0 Å². The fourth-order valence-electron chi connectivity index (χ4n) is 3.33. The largest absolute Gasteiger partial charge is 0.0658 e. The van der Waals surface area contributed by atoms with Crippen LogP contribution < -0.4 is 0 Å². The maximum Gasteiger partial charge on any atom is 0.00279 e. The Balaban J connectivity index is 2.91. The molecule has 0 aliphatic heterocycles. The third kappa shape index (κ3) is 20.2. The molecular weight excluding hydrogens is 280 g/mol. The summed E-state index contributed by atoms with van der Waals surface area (Å²) in [4.78, 5) is 0. The normalized spacial score (nSPS) is 11.3. The molecule has 22 heavy (non-hydrogen) atoms. The molecule has 0 saturated heterocycles. The van der Waals surface area contributed by atoms with E-state index in [0.717, 1.165) is 0 Å². The van der Waals surface area contributed by atoms with Gasteiger partial charge in [0.05, 0.1) is 0 Å². The van der Waals surface area contributed by atoms with E-state index in [2.05, 4.69) is 6.92 Å². The second-order valence-electron chi connectivity index (χ2n) is 7.36. The Kier molecular flexibility index (Phi) is 21.4. The first-order valence-electron chi connectivity index (χ1n) is 10.9. The van der Waals surface area contributed by atoms with Gasteiger partial charge in [0.15, 0.2) is 0 Å². The van der Waals surface area contributed by atoms with Gasteiger partial charge in [0.1, 0.15) is 0 Å². The monoisotopic (exact) mass is 326 g/mol. The third-order valence-electron chi connectivity index (χ3n) is 4.96. The predicted molar refractivity (Wildman–Crippen MR) is 108 cm³/mol. The van der Waals surface area contributed by atoms with Crippen LogP contribution in [0, 0.1) is 0 Å². The SMILES string of the molecule is CCCCCCCCCCCCCCCCCCCCC[SiH3]. The van der Waals surface area contributed by atoms with Crippen LogP contribution in [0.25, 0.3) is 0 Å². The molecule has 0 radical (unpaired) electrons. The molecular formula is C21H46Si. The van der Waals surface area contributed by atoms with Crippen LogP contribution in [0.3, 0.4) is 0 Å². The first-order valence-corrected chi connectivity index (χ1v) is 12.3. The van der Waals surface area contributed by atoms with Crippen LogP contribution >= 0.6 is 0 Å². The van der Waals surface area contributed by atoms with Crippen molar-refractivity contribution in [2.45, 2.75) is 135 Å². The zero-order chi connectivity index (χ0) is 16.1. The lowest BCUT2D eigenvalue weighted by molar-refractivity contribution is 0.524. The van der Waals surface area contributed by atoms with Crippen molar-refractivity contribution in [2.24, 2.45) is 0 Å².